The van der Waals surface area contributed by atoms with Gasteiger partial charge in [0.05, 0.1) is 9.21 Å². The van der Waals surface area contributed by atoms with Gasteiger partial charge in [-0.2, -0.15) is 0 Å². The highest BCUT2D eigenvalue weighted by Gasteiger charge is 2.15. The summed E-state index contributed by atoms with van der Waals surface area (Å²) >= 11 is 7.08. The van der Waals surface area contributed by atoms with Gasteiger partial charge in [0.25, 0.3) is 5.91 Å². The molecule has 3 nitrogen and oxygen atoms in total. The fraction of sp³-hybridized carbons (Fsp3) is 0.0833. The van der Waals surface area contributed by atoms with Crippen molar-refractivity contribution in [1.82, 2.24) is 0 Å². The van der Waals surface area contributed by atoms with Crippen molar-refractivity contribution in [3.8, 4) is 0 Å². The molecule has 1 aromatic carbocycles. The van der Waals surface area contributed by atoms with Crippen LogP contribution in [0.3, 0.4) is 0 Å². The van der Waals surface area contributed by atoms with E-state index >= 15 is 0 Å². The number of benzene rings is 1. The van der Waals surface area contributed by atoms with Crippen LogP contribution in [0.1, 0.15) is 9.67 Å². The molecule has 0 unspecified atom stereocenters. The van der Waals surface area contributed by atoms with Crippen LogP contribution < -0.4 is 10.6 Å². The highest BCUT2D eigenvalue weighted by Crippen LogP contribution is 2.24. The molecule has 5 heteroatoms. The van der Waals surface area contributed by atoms with Crippen molar-refractivity contribution in [2.24, 2.45) is 0 Å². The first-order valence-corrected chi connectivity index (χ1v) is 6.16. The van der Waals surface area contributed by atoms with Crippen molar-refractivity contribution < 1.29 is 4.79 Å². The number of nitrogens with zero attached hydrogens (tertiary/aromatic N) is 1. The quantitative estimate of drug-likeness (QED) is 0.848. The molecule has 0 fully saturated rings. The molecule has 0 bridgehead atoms. The third-order valence-electron chi connectivity index (χ3n) is 2.37. The molecule has 2 aromatic rings. The summed E-state index contributed by atoms with van der Waals surface area (Å²) in [5.41, 5.74) is 7.07. The lowest BCUT2D eigenvalue weighted by molar-refractivity contribution is 0.0997. The average Bonchev–Trinajstić information content (AvgIpc) is 2.75. The zero-order valence-corrected chi connectivity index (χ0v) is 10.8. The average molecular weight is 267 g/mol. The second-order valence-corrected chi connectivity index (χ2v) is 5.27. The van der Waals surface area contributed by atoms with Gasteiger partial charge < -0.3 is 10.6 Å². The zero-order valence-electron chi connectivity index (χ0n) is 9.18. The molecule has 0 atom stereocenters. The van der Waals surface area contributed by atoms with E-state index in [0.717, 1.165) is 5.69 Å². The Balaban J connectivity index is 2.23. The third kappa shape index (κ3) is 2.60. The highest BCUT2D eigenvalue weighted by atomic mass is 35.5. The van der Waals surface area contributed by atoms with Gasteiger partial charge in [-0.25, -0.2) is 0 Å². The van der Waals surface area contributed by atoms with E-state index in [0.29, 0.717) is 14.9 Å². The molecule has 2 N–H and O–H groups in total. The lowest BCUT2D eigenvalue weighted by Gasteiger charge is -2.16. The van der Waals surface area contributed by atoms with Gasteiger partial charge in [-0.3, -0.25) is 4.79 Å². The number of amides is 1. The van der Waals surface area contributed by atoms with Crippen LogP contribution in [0.2, 0.25) is 4.34 Å². The Hall–Kier alpha value is -1.52. The van der Waals surface area contributed by atoms with Gasteiger partial charge in [-0.05, 0) is 36.4 Å². The number of carbonyl (C=O) groups excluding carboxylic acids is 1. The molecule has 0 aliphatic heterocycles. The molecule has 88 valence electrons. The monoisotopic (exact) mass is 266 g/mol. The minimum absolute atomic E-state index is 0.0772. The SMILES string of the molecule is CN(C(=O)c1ccc(Cl)s1)c1ccc(N)cc1. The van der Waals surface area contributed by atoms with Gasteiger partial charge in [0.2, 0.25) is 0 Å². The predicted molar refractivity (Wildman–Crippen MR) is 72.9 cm³/mol. The Morgan fingerprint density at radius 2 is 1.88 bits per heavy atom. The molecule has 1 aromatic heterocycles. The fourth-order valence-corrected chi connectivity index (χ4v) is 2.43. The summed E-state index contributed by atoms with van der Waals surface area (Å²) in [6.07, 6.45) is 0. The van der Waals surface area contributed by atoms with Crippen molar-refractivity contribution in [3.05, 3.63) is 45.6 Å². The van der Waals surface area contributed by atoms with Gasteiger partial charge >= 0.3 is 0 Å². The summed E-state index contributed by atoms with van der Waals surface area (Å²) < 4.78 is 0.610. The minimum Gasteiger partial charge on any atom is -0.399 e. The maximum Gasteiger partial charge on any atom is 0.268 e. The molecule has 0 saturated heterocycles. The Bertz CT molecular complexity index is 536. The number of hydrogen-bond acceptors (Lipinski definition) is 3. The summed E-state index contributed by atoms with van der Waals surface area (Å²) in [7, 11) is 1.72. The molecule has 1 heterocycles. The van der Waals surface area contributed by atoms with E-state index in [4.69, 9.17) is 17.3 Å². The van der Waals surface area contributed by atoms with Gasteiger partial charge in [0.1, 0.15) is 0 Å². The molecule has 0 aliphatic carbocycles. The number of rotatable bonds is 2. The first-order valence-electron chi connectivity index (χ1n) is 4.97. The molecule has 17 heavy (non-hydrogen) atoms. The van der Waals surface area contributed by atoms with Crippen LogP contribution in [0.5, 0.6) is 0 Å². The van der Waals surface area contributed by atoms with E-state index in [1.165, 1.54) is 11.3 Å². The molecule has 2 rings (SSSR count). The number of nitrogen functional groups attached to an aromatic ring is 1. The molecule has 0 radical (unpaired) electrons. The van der Waals surface area contributed by atoms with Gasteiger partial charge in [-0.15, -0.1) is 11.3 Å². The Labute approximate surface area is 108 Å². The second kappa shape index (κ2) is 4.77. The summed E-state index contributed by atoms with van der Waals surface area (Å²) in [6.45, 7) is 0. The van der Waals surface area contributed by atoms with Crippen LogP contribution in [-0.4, -0.2) is 13.0 Å². The lowest BCUT2D eigenvalue weighted by Crippen LogP contribution is -2.25. The van der Waals surface area contributed by atoms with Crippen LogP contribution in [0.15, 0.2) is 36.4 Å². The van der Waals surface area contributed by atoms with Crippen LogP contribution in [0.4, 0.5) is 11.4 Å². The normalized spacial score (nSPS) is 10.2. The molecule has 0 spiro atoms. The number of thiophene rings is 1. The van der Waals surface area contributed by atoms with E-state index < -0.39 is 0 Å². The van der Waals surface area contributed by atoms with E-state index in [1.807, 2.05) is 12.1 Å². The fourth-order valence-electron chi connectivity index (χ4n) is 1.41. The molecular weight excluding hydrogens is 256 g/mol. The number of anilines is 2. The maximum atomic E-state index is 12.1. The first kappa shape index (κ1) is 12.0. The van der Waals surface area contributed by atoms with E-state index in [-0.39, 0.29) is 5.91 Å². The molecule has 0 saturated carbocycles. The molecule has 1 amide bonds. The van der Waals surface area contributed by atoms with Crippen molar-refractivity contribution in [1.29, 1.82) is 0 Å². The van der Waals surface area contributed by atoms with Gasteiger partial charge in [0, 0.05) is 18.4 Å². The number of carbonyl (C=O) groups is 1. The molecular formula is C12H11ClN2OS. The van der Waals surface area contributed by atoms with Gasteiger partial charge in [0.15, 0.2) is 0 Å². The summed E-state index contributed by atoms with van der Waals surface area (Å²) in [6, 6.07) is 10.6. The minimum atomic E-state index is -0.0772. The summed E-state index contributed by atoms with van der Waals surface area (Å²) in [4.78, 5) is 14.3. The number of halogens is 1. The van der Waals surface area contributed by atoms with Crippen LogP contribution >= 0.6 is 22.9 Å². The van der Waals surface area contributed by atoms with E-state index in [9.17, 15) is 4.79 Å². The third-order valence-corrected chi connectivity index (χ3v) is 3.59. The number of nitrogens with two attached hydrogens (primary N) is 1. The van der Waals surface area contributed by atoms with E-state index in [1.54, 1.807) is 36.2 Å². The standard InChI is InChI=1S/C12H11ClN2OS/c1-15(9-4-2-8(14)3-5-9)12(16)10-6-7-11(13)17-10/h2-7H,14H2,1H3. The van der Waals surface area contributed by atoms with Crippen molar-refractivity contribution >= 4 is 40.2 Å². The summed E-state index contributed by atoms with van der Waals surface area (Å²) in [5.74, 6) is -0.0772. The summed E-state index contributed by atoms with van der Waals surface area (Å²) in [5, 5.41) is 0. The topological polar surface area (TPSA) is 46.3 Å². The smallest absolute Gasteiger partial charge is 0.268 e. The van der Waals surface area contributed by atoms with E-state index in [2.05, 4.69) is 0 Å². The van der Waals surface area contributed by atoms with Crippen molar-refractivity contribution in [2.45, 2.75) is 0 Å². The Morgan fingerprint density at radius 3 is 2.41 bits per heavy atom. The number of hydrogen-bond donors (Lipinski definition) is 1. The van der Waals surface area contributed by atoms with Crippen LogP contribution in [0.25, 0.3) is 0 Å². The van der Waals surface area contributed by atoms with Crippen molar-refractivity contribution in [2.75, 3.05) is 17.7 Å². The Morgan fingerprint density at radius 1 is 1.24 bits per heavy atom. The highest BCUT2D eigenvalue weighted by molar-refractivity contribution is 7.18. The first-order chi connectivity index (χ1) is 8.08. The van der Waals surface area contributed by atoms with Crippen LogP contribution in [-0.2, 0) is 0 Å². The second-order valence-electron chi connectivity index (χ2n) is 3.56. The predicted octanol–water partition coefficient (Wildman–Crippen LogP) is 3.26. The largest absolute Gasteiger partial charge is 0.399 e. The van der Waals surface area contributed by atoms with Gasteiger partial charge in [-0.1, -0.05) is 11.6 Å². The molecule has 0 aliphatic rings. The maximum absolute atomic E-state index is 12.1. The zero-order chi connectivity index (χ0) is 12.4. The lowest BCUT2D eigenvalue weighted by atomic mass is 10.2. The van der Waals surface area contributed by atoms with Crippen molar-refractivity contribution in [3.63, 3.8) is 0 Å². The Kier molecular flexibility index (Phi) is 3.36. The van der Waals surface area contributed by atoms with Crippen LogP contribution in [0, 0.1) is 0 Å².